The first-order valence-electron chi connectivity index (χ1n) is 12.5. The number of aromatic amines is 1. The third kappa shape index (κ3) is 4.08. The number of nitrogens with zero attached hydrogens (tertiary/aromatic N) is 4. The summed E-state index contributed by atoms with van der Waals surface area (Å²) in [4.78, 5) is 30.6. The molecule has 1 amide bonds. The summed E-state index contributed by atoms with van der Waals surface area (Å²) < 4.78 is 0. The smallest absolute Gasteiger partial charge is 0.224 e. The molecule has 0 unspecified atom stereocenters. The maximum atomic E-state index is 13.2. The molecule has 5 aliphatic rings. The summed E-state index contributed by atoms with van der Waals surface area (Å²) in [5.41, 5.74) is 18.9. The SMILES string of the molecule is NC1=C2CN(C(=O)CCN3CCCCC3)CCC2=c2cc3c(cc[nH]c-3n2)=Nc2ccc(N)c1c2. The van der Waals surface area contributed by atoms with Gasteiger partial charge in [0, 0.05) is 60.3 Å². The average molecular weight is 470 g/mol. The number of carbonyl (C=O) groups is 1. The van der Waals surface area contributed by atoms with Crippen molar-refractivity contribution in [1.29, 1.82) is 0 Å². The molecule has 1 aromatic carbocycles. The highest BCUT2D eigenvalue weighted by atomic mass is 16.2. The van der Waals surface area contributed by atoms with E-state index in [0.29, 0.717) is 37.3 Å². The molecule has 0 radical (unpaired) electrons. The minimum Gasteiger partial charge on any atom is -0.398 e. The normalized spacial score (nSPS) is 18.4. The van der Waals surface area contributed by atoms with Gasteiger partial charge in [-0.3, -0.25) is 4.79 Å². The van der Waals surface area contributed by atoms with Gasteiger partial charge < -0.3 is 26.3 Å². The molecule has 6 rings (SSSR count). The number of H-pyrrole nitrogens is 1. The number of fused-ring (bicyclic) bond motifs is 4. The Bertz CT molecular complexity index is 1410. The van der Waals surface area contributed by atoms with E-state index in [1.807, 2.05) is 35.4 Å². The minimum atomic E-state index is 0.178. The van der Waals surface area contributed by atoms with Crippen molar-refractivity contribution < 1.29 is 4.79 Å². The molecular formula is C27H31N7O. The van der Waals surface area contributed by atoms with Gasteiger partial charge in [-0.1, -0.05) is 6.42 Å². The number of hydrogen-bond acceptors (Lipinski definition) is 6. The molecule has 8 nitrogen and oxygen atoms in total. The second kappa shape index (κ2) is 8.85. The molecule has 5 heterocycles. The molecule has 5 N–H and O–H groups in total. The third-order valence-electron chi connectivity index (χ3n) is 7.50. The van der Waals surface area contributed by atoms with E-state index >= 15 is 0 Å². The lowest BCUT2D eigenvalue weighted by Gasteiger charge is -2.33. The van der Waals surface area contributed by atoms with E-state index in [2.05, 4.69) is 16.0 Å². The lowest BCUT2D eigenvalue weighted by molar-refractivity contribution is -0.131. The summed E-state index contributed by atoms with van der Waals surface area (Å²) in [6, 6.07) is 9.72. The first-order chi connectivity index (χ1) is 17.1. The highest BCUT2D eigenvalue weighted by Gasteiger charge is 2.28. The number of piperidine rings is 2. The van der Waals surface area contributed by atoms with E-state index in [-0.39, 0.29) is 5.91 Å². The summed E-state index contributed by atoms with van der Waals surface area (Å²) >= 11 is 0. The zero-order chi connectivity index (χ0) is 23.9. The fourth-order valence-corrected chi connectivity index (χ4v) is 5.51. The molecular weight excluding hydrogens is 438 g/mol. The monoisotopic (exact) mass is 469 g/mol. The van der Waals surface area contributed by atoms with Gasteiger partial charge in [0.1, 0.15) is 5.82 Å². The second-order valence-electron chi connectivity index (χ2n) is 9.74. The van der Waals surface area contributed by atoms with Crippen LogP contribution < -0.4 is 22.2 Å². The van der Waals surface area contributed by atoms with E-state index < -0.39 is 0 Å². The standard InChI is InChI=1S/C27H31N7O/c28-22-5-4-17-14-19(22)26(29)21-16-34(25(35)8-12-33-10-2-1-3-11-33)13-7-18(21)24-15-20-23(31-17)6-9-30-27(20)32-24/h4-6,9,14-15H,1-3,7-8,10-13,16,28-29H2,(H,30,32). The molecule has 2 saturated heterocycles. The van der Waals surface area contributed by atoms with Gasteiger partial charge in [-0.25, -0.2) is 9.98 Å². The molecule has 0 aromatic heterocycles. The largest absolute Gasteiger partial charge is 0.398 e. The first-order valence-corrected chi connectivity index (χ1v) is 12.5. The molecule has 0 spiro atoms. The van der Waals surface area contributed by atoms with E-state index in [4.69, 9.17) is 21.4 Å². The van der Waals surface area contributed by atoms with Crippen molar-refractivity contribution in [2.45, 2.75) is 32.1 Å². The van der Waals surface area contributed by atoms with Crippen LogP contribution in [0, 0.1) is 0 Å². The van der Waals surface area contributed by atoms with E-state index in [0.717, 1.165) is 64.1 Å². The van der Waals surface area contributed by atoms with Crippen LogP contribution in [0.15, 0.2) is 47.1 Å². The van der Waals surface area contributed by atoms with Crippen molar-refractivity contribution in [1.82, 2.24) is 19.8 Å². The number of carbonyl (C=O) groups excluding carboxylic acids is 1. The van der Waals surface area contributed by atoms with Crippen LogP contribution in [0.3, 0.4) is 0 Å². The lowest BCUT2D eigenvalue weighted by Crippen LogP contribution is -2.41. The number of nitrogen functional groups attached to an aromatic ring is 1. The van der Waals surface area contributed by atoms with Crippen molar-refractivity contribution >= 4 is 28.6 Å². The molecule has 2 fully saturated rings. The molecule has 1 aromatic rings. The number of rotatable bonds is 3. The fraction of sp³-hybridized carbons (Fsp3) is 0.370. The van der Waals surface area contributed by atoms with Crippen molar-refractivity contribution in [3.05, 3.63) is 58.4 Å². The number of hydrogen-bond donors (Lipinski definition) is 3. The predicted octanol–water partition coefficient (Wildman–Crippen LogP) is 1.99. The van der Waals surface area contributed by atoms with Crippen LogP contribution in [0.4, 0.5) is 11.4 Å². The highest BCUT2D eigenvalue weighted by Crippen LogP contribution is 2.33. The number of nitrogens with one attached hydrogen (secondary N) is 1. The summed E-state index contributed by atoms with van der Waals surface area (Å²) in [7, 11) is 0. The Hall–Kier alpha value is -3.65. The summed E-state index contributed by atoms with van der Waals surface area (Å²) in [5, 5.41) is 1.73. The molecule has 8 heteroatoms. The van der Waals surface area contributed by atoms with Crippen LogP contribution in [0.1, 0.15) is 37.7 Å². The lowest BCUT2D eigenvalue weighted by atomic mass is 9.92. The zero-order valence-electron chi connectivity index (χ0n) is 19.9. The second-order valence-corrected chi connectivity index (χ2v) is 9.74. The first kappa shape index (κ1) is 21.9. The molecule has 4 bridgehead atoms. The van der Waals surface area contributed by atoms with Crippen LogP contribution >= 0.6 is 0 Å². The maximum Gasteiger partial charge on any atom is 0.224 e. The van der Waals surface area contributed by atoms with Gasteiger partial charge in [-0.15, -0.1) is 0 Å². The van der Waals surface area contributed by atoms with Gasteiger partial charge in [-0.2, -0.15) is 0 Å². The molecule has 35 heavy (non-hydrogen) atoms. The molecule has 0 atom stereocenters. The van der Waals surface area contributed by atoms with Gasteiger partial charge in [0.15, 0.2) is 0 Å². The van der Waals surface area contributed by atoms with Gasteiger partial charge in [0.25, 0.3) is 0 Å². The van der Waals surface area contributed by atoms with Crippen LogP contribution in [0.2, 0.25) is 0 Å². The molecule has 5 aliphatic heterocycles. The van der Waals surface area contributed by atoms with Crippen molar-refractivity contribution in [2.75, 3.05) is 38.5 Å². The highest BCUT2D eigenvalue weighted by molar-refractivity contribution is 5.88. The minimum absolute atomic E-state index is 0.178. The number of nitrogens with two attached hydrogens (primary N) is 2. The number of anilines is 1. The van der Waals surface area contributed by atoms with Crippen LogP contribution in [0.5, 0.6) is 0 Å². The number of aromatic nitrogens is 2. The Morgan fingerprint density at radius 2 is 1.86 bits per heavy atom. The maximum absolute atomic E-state index is 13.2. The van der Waals surface area contributed by atoms with E-state index in [1.165, 1.54) is 19.3 Å². The fourth-order valence-electron chi connectivity index (χ4n) is 5.51. The quantitative estimate of drug-likeness (QED) is 0.507. The average Bonchev–Trinajstić information content (AvgIpc) is 3.33. The molecule has 180 valence electrons. The van der Waals surface area contributed by atoms with Crippen LogP contribution in [-0.2, 0) is 4.79 Å². The Balaban J connectivity index is 1.41. The van der Waals surface area contributed by atoms with Crippen molar-refractivity contribution in [2.24, 2.45) is 10.7 Å². The Kier molecular flexibility index (Phi) is 5.53. The molecule has 0 saturated carbocycles. The summed E-state index contributed by atoms with van der Waals surface area (Å²) in [6.45, 7) is 4.13. The zero-order valence-corrected chi connectivity index (χ0v) is 19.9. The number of amides is 1. The van der Waals surface area contributed by atoms with E-state index in [9.17, 15) is 4.79 Å². The third-order valence-corrected chi connectivity index (χ3v) is 7.50. The van der Waals surface area contributed by atoms with Gasteiger partial charge in [0.2, 0.25) is 5.91 Å². The van der Waals surface area contributed by atoms with E-state index in [1.54, 1.807) is 0 Å². The topological polar surface area (TPSA) is 117 Å². The molecule has 0 aliphatic carbocycles. The van der Waals surface area contributed by atoms with Crippen LogP contribution in [0.25, 0.3) is 22.7 Å². The summed E-state index contributed by atoms with van der Waals surface area (Å²) in [5.74, 6) is 0.972. The van der Waals surface area contributed by atoms with Gasteiger partial charge in [-0.05, 0) is 68.3 Å². The van der Waals surface area contributed by atoms with Gasteiger partial charge in [0.05, 0.1) is 16.4 Å². The van der Waals surface area contributed by atoms with Gasteiger partial charge >= 0.3 is 0 Å². The Labute approximate surface area is 204 Å². The van der Waals surface area contributed by atoms with Crippen molar-refractivity contribution in [3.8, 4) is 11.4 Å². The Morgan fingerprint density at radius 1 is 1.00 bits per heavy atom. The predicted molar refractivity (Wildman–Crippen MR) is 137 cm³/mol. The summed E-state index contributed by atoms with van der Waals surface area (Å²) in [6.07, 6.45) is 6.85. The van der Waals surface area contributed by atoms with Crippen LogP contribution in [-0.4, -0.2) is 58.4 Å². The van der Waals surface area contributed by atoms with Crippen molar-refractivity contribution in [3.63, 3.8) is 0 Å². The number of benzene rings is 1. The number of pyridine rings is 1. The number of likely N-dealkylation sites (tertiary alicyclic amines) is 2. The Morgan fingerprint density at radius 3 is 2.71 bits per heavy atom.